The average molecular weight is 219 g/mol. The van der Waals surface area contributed by atoms with Gasteiger partial charge in [-0.15, -0.1) is 0 Å². The Morgan fingerprint density at radius 3 is 2.75 bits per heavy atom. The normalized spacial score (nSPS) is 12.4. The average Bonchev–Trinajstić information content (AvgIpc) is 2.76. The van der Waals surface area contributed by atoms with Crippen LogP contribution in [0.1, 0.15) is 24.7 Å². The highest BCUT2D eigenvalue weighted by Gasteiger charge is 2.10. The highest BCUT2D eigenvalue weighted by molar-refractivity contribution is 5.20. The van der Waals surface area contributed by atoms with Gasteiger partial charge in [-0.05, 0) is 19.1 Å². The summed E-state index contributed by atoms with van der Waals surface area (Å²) in [6.07, 6.45) is 0. The van der Waals surface area contributed by atoms with Gasteiger partial charge in [0.25, 0.3) is 0 Å². The lowest BCUT2D eigenvalue weighted by molar-refractivity contribution is 0.284. The fraction of sp³-hybridized carbons (Fsp3) is 0.273. The zero-order valence-electron chi connectivity index (χ0n) is 8.96. The Hall–Kier alpha value is -1.88. The lowest BCUT2D eigenvalue weighted by Gasteiger charge is -2.01. The quantitative estimate of drug-likeness (QED) is 0.846. The van der Waals surface area contributed by atoms with Crippen LogP contribution >= 0.6 is 0 Å². The first-order valence-corrected chi connectivity index (χ1v) is 5.01. The molecule has 0 aliphatic rings. The Morgan fingerprint density at radius 1 is 1.38 bits per heavy atom. The molecule has 1 aromatic carbocycles. The molecule has 1 atom stereocenters. The van der Waals surface area contributed by atoms with Gasteiger partial charge in [-0.25, -0.2) is 0 Å². The van der Waals surface area contributed by atoms with E-state index in [1.807, 2.05) is 30.3 Å². The largest absolute Gasteiger partial charge is 0.485 e. The van der Waals surface area contributed by atoms with Crippen molar-refractivity contribution >= 4 is 0 Å². The Bertz CT molecular complexity index is 440. The molecule has 0 amide bonds. The smallest absolute Gasteiger partial charge is 0.243 e. The van der Waals surface area contributed by atoms with Gasteiger partial charge in [-0.1, -0.05) is 23.4 Å². The van der Waals surface area contributed by atoms with Crippen molar-refractivity contribution in [1.29, 1.82) is 0 Å². The zero-order valence-corrected chi connectivity index (χ0v) is 8.96. The molecule has 5 heteroatoms. The van der Waals surface area contributed by atoms with Gasteiger partial charge in [-0.2, -0.15) is 4.98 Å². The standard InChI is InChI=1S/C11H13N3O2/c1-8(12)11-13-10(14-16-11)7-15-9-5-3-2-4-6-9/h2-6,8H,7,12H2,1H3/t8-/m1/s1. The van der Waals surface area contributed by atoms with Crippen molar-refractivity contribution in [3.8, 4) is 5.75 Å². The topological polar surface area (TPSA) is 74.2 Å². The summed E-state index contributed by atoms with van der Waals surface area (Å²) in [5, 5.41) is 3.76. The molecule has 2 rings (SSSR count). The minimum absolute atomic E-state index is 0.252. The molecular formula is C11H13N3O2. The summed E-state index contributed by atoms with van der Waals surface area (Å²) in [4.78, 5) is 4.10. The molecule has 1 heterocycles. The second-order valence-electron chi connectivity index (χ2n) is 3.44. The first-order valence-electron chi connectivity index (χ1n) is 5.01. The second kappa shape index (κ2) is 4.76. The van der Waals surface area contributed by atoms with Crippen LogP contribution in [-0.2, 0) is 6.61 Å². The van der Waals surface area contributed by atoms with Gasteiger partial charge in [0.1, 0.15) is 5.75 Å². The molecule has 0 saturated carbocycles. The van der Waals surface area contributed by atoms with Crippen molar-refractivity contribution in [3.63, 3.8) is 0 Å². The maximum atomic E-state index is 5.60. The van der Waals surface area contributed by atoms with Crippen LogP contribution in [0.5, 0.6) is 5.75 Å². The van der Waals surface area contributed by atoms with Crippen LogP contribution in [0.3, 0.4) is 0 Å². The number of nitrogens with zero attached hydrogens (tertiary/aromatic N) is 2. The molecule has 16 heavy (non-hydrogen) atoms. The molecule has 0 radical (unpaired) electrons. The number of hydrogen-bond donors (Lipinski definition) is 1. The van der Waals surface area contributed by atoms with E-state index in [4.69, 9.17) is 15.0 Å². The molecule has 0 aliphatic carbocycles. The minimum Gasteiger partial charge on any atom is -0.485 e. The van der Waals surface area contributed by atoms with Crippen molar-refractivity contribution in [2.75, 3.05) is 0 Å². The van der Waals surface area contributed by atoms with E-state index in [0.29, 0.717) is 11.7 Å². The summed E-state index contributed by atoms with van der Waals surface area (Å²) < 4.78 is 10.4. The Kier molecular flexibility index (Phi) is 3.16. The zero-order chi connectivity index (χ0) is 11.4. The van der Waals surface area contributed by atoms with Crippen LogP contribution in [0, 0.1) is 0 Å². The first-order chi connectivity index (χ1) is 7.75. The van der Waals surface area contributed by atoms with Gasteiger partial charge < -0.3 is 15.0 Å². The summed E-state index contributed by atoms with van der Waals surface area (Å²) >= 11 is 0. The molecule has 1 aromatic heterocycles. The Labute approximate surface area is 93.2 Å². The van der Waals surface area contributed by atoms with E-state index in [9.17, 15) is 0 Å². The fourth-order valence-corrected chi connectivity index (χ4v) is 1.18. The van der Waals surface area contributed by atoms with Gasteiger partial charge in [0.05, 0.1) is 6.04 Å². The summed E-state index contributed by atoms with van der Waals surface area (Å²) in [6, 6.07) is 9.21. The third-order valence-electron chi connectivity index (χ3n) is 1.98. The Morgan fingerprint density at radius 2 is 2.12 bits per heavy atom. The summed E-state index contributed by atoms with van der Waals surface area (Å²) in [5.41, 5.74) is 5.60. The monoisotopic (exact) mass is 219 g/mol. The van der Waals surface area contributed by atoms with E-state index in [-0.39, 0.29) is 12.6 Å². The predicted octanol–water partition coefficient (Wildman–Crippen LogP) is 1.67. The van der Waals surface area contributed by atoms with Crippen LogP contribution in [-0.4, -0.2) is 10.1 Å². The maximum Gasteiger partial charge on any atom is 0.243 e. The van der Waals surface area contributed by atoms with Crippen molar-refractivity contribution in [2.45, 2.75) is 19.6 Å². The number of para-hydroxylation sites is 1. The van der Waals surface area contributed by atoms with Gasteiger partial charge in [0.15, 0.2) is 6.61 Å². The molecule has 0 unspecified atom stereocenters. The number of ether oxygens (including phenoxy) is 1. The van der Waals surface area contributed by atoms with E-state index in [1.165, 1.54) is 0 Å². The third kappa shape index (κ3) is 2.58. The highest BCUT2D eigenvalue weighted by Crippen LogP contribution is 2.11. The van der Waals surface area contributed by atoms with Crippen LogP contribution in [0.15, 0.2) is 34.9 Å². The summed E-state index contributed by atoms with van der Waals surface area (Å²) in [5.74, 6) is 1.69. The number of nitrogens with two attached hydrogens (primary N) is 1. The number of hydrogen-bond acceptors (Lipinski definition) is 5. The van der Waals surface area contributed by atoms with Crippen molar-refractivity contribution in [2.24, 2.45) is 5.73 Å². The van der Waals surface area contributed by atoms with E-state index < -0.39 is 0 Å². The minimum atomic E-state index is -0.252. The van der Waals surface area contributed by atoms with E-state index >= 15 is 0 Å². The predicted molar refractivity (Wildman–Crippen MR) is 57.7 cm³/mol. The number of rotatable bonds is 4. The van der Waals surface area contributed by atoms with Gasteiger partial charge >= 0.3 is 0 Å². The number of benzene rings is 1. The molecule has 0 saturated heterocycles. The summed E-state index contributed by atoms with van der Waals surface area (Å²) in [7, 11) is 0. The van der Waals surface area contributed by atoms with Crippen molar-refractivity contribution in [1.82, 2.24) is 10.1 Å². The molecule has 5 nitrogen and oxygen atoms in total. The highest BCUT2D eigenvalue weighted by atomic mass is 16.5. The van der Waals surface area contributed by atoms with E-state index in [0.717, 1.165) is 5.75 Å². The molecular weight excluding hydrogens is 206 g/mol. The lowest BCUT2D eigenvalue weighted by atomic mass is 10.3. The van der Waals surface area contributed by atoms with Crippen molar-refractivity contribution in [3.05, 3.63) is 42.0 Å². The van der Waals surface area contributed by atoms with Crippen LogP contribution in [0.25, 0.3) is 0 Å². The second-order valence-corrected chi connectivity index (χ2v) is 3.44. The van der Waals surface area contributed by atoms with Crippen LogP contribution in [0.4, 0.5) is 0 Å². The van der Waals surface area contributed by atoms with E-state index in [2.05, 4.69) is 10.1 Å². The van der Waals surface area contributed by atoms with Gasteiger partial charge in [0, 0.05) is 0 Å². The van der Waals surface area contributed by atoms with Crippen LogP contribution < -0.4 is 10.5 Å². The fourth-order valence-electron chi connectivity index (χ4n) is 1.18. The third-order valence-corrected chi connectivity index (χ3v) is 1.98. The molecule has 0 spiro atoms. The molecule has 2 aromatic rings. The van der Waals surface area contributed by atoms with Gasteiger partial charge in [-0.3, -0.25) is 0 Å². The lowest BCUT2D eigenvalue weighted by Crippen LogP contribution is -2.05. The van der Waals surface area contributed by atoms with E-state index in [1.54, 1.807) is 6.92 Å². The Balaban J connectivity index is 1.95. The maximum absolute atomic E-state index is 5.60. The van der Waals surface area contributed by atoms with Crippen molar-refractivity contribution < 1.29 is 9.26 Å². The molecule has 0 aliphatic heterocycles. The molecule has 84 valence electrons. The summed E-state index contributed by atoms with van der Waals surface area (Å²) in [6.45, 7) is 2.07. The molecule has 0 fully saturated rings. The molecule has 0 bridgehead atoms. The van der Waals surface area contributed by atoms with Gasteiger partial charge in [0.2, 0.25) is 11.7 Å². The number of aromatic nitrogens is 2. The SMILES string of the molecule is C[C@@H](N)c1nc(COc2ccccc2)no1. The van der Waals surface area contributed by atoms with Crippen LogP contribution in [0.2, 0.25) is 0 Å². The molecule has 2 N–H and O–H groups in total. The first kappa shape index (κ1) is 10.6.